The molecular formula is C20H16ClN3O2. The summed E-state index contributed by atoms with van der Waals surface area (Å²) in [5.41, 5.74) is 3.68. The lowest BCUT2D eigenvalue weighted by Gasteiger charge is -2.06. The van der Waals surface area contributed by atoms with Crippen molar-refractivity contribution >= 4 is 22.6 Å². The van der Waals surface area contributed by atoms with Crippen molar-refractivity contribution in [3.05, 3.63) is 71.5 Å². The van der Waals surface area contributed by atoms with E-state index in [2.05, 4.69) is 15.0 Å². The minimum atomic E-state index is 0.385. The third-order valence-corrected chi connectivity index (χ3v) is 4.29. The lowest BCUT2D eigenvalue weighted by molar-refractivity contribution is 0.297. The molecule has 2 aromatic carbocycles. The molecule has 26 heavy (non-hydrogen) atoms. The van der Waals surface area contributed by atoms with Crippen LogP contribution in [0.15, 0.2) is 60.9 Å². The van der Waals surface area contributed by atoms with E-state index < -0.39 is 0 Å². The molecule has 0 spiro atoms. The lowest BCUT2D eigenvalue weighted by Crippen LogP contribution is -1.98. The molecule has 4 rings (SSSR count). The molecule has 0 saturated heterocycles. The van der Waals surface area contributed by atoms with Gasteiger partial charge < -0.3 is 14.5 Å². The molecule has 2 aromatic heterocycles. The van der Waals surface area contributed by atoms with Gasteiger partial charge in [0.15, 0.2) is 0 Å². The number of fused-ring (bicyclic) bond motifs is 1. The number of ether oxygens (including phenoxy) is 2. The van der Waals surface area contributed by atoms with Crippen LogP contribution in [0.2, 0.25) is 5.02 Å². The highest BCUT2D eigenvalue weighted by molar-refractivity contribution is 6.30. The summed E-state index contributed by atoms with van der Waals surface area (Å²) in [6.07, 6.45) is 1.49. The van der Waals surface area contributed by atoms with Crippen molar-refractivity contribution in [1.29, 1.82) is 0 Å². The molecule has 0 atom stereocenters. The number of halogens is 1. The number of methoxy groups -OCH3 is 1. The first-order valence-electron chi connectivity index (χ1n) is 8.08. The summed E-state index contributed by atoms with van der Waals surface area (Å²) in [6, 6.07) is 17.4. The first-order chi connectivity index (χ1) is 12.7. The Morgan fingerprint density at radius 2 is 1.88 bits per heavy atom. The molecule has 0 saturated carbocycles. The van der Waals surface area contributed by atoms with Crippen LogP contribution in [-0.2, 0) is 6.61 Å². The van der Waals surface area contributed by atoms with Gasteiger partial charge >= 0.3 is 0 Å². The summed E-state index contributed by atoms with van der Waals surface area (Å²) in [4.78, 5) is 11.9. The Bertz CT molecular complexity index is 1040. The first-order valence-corrected chi connectivity index (χ1v) is 8.46. The second kappa shape index (κ2) is 7.06. The quantitative estimate of drug-likeness (QED) is 0.548. The van der Waals surface area contributed by atoms with Crippen LogP contribution >= 0.6 is 11.6 Å². The Kier molecular flexibility index (Phi) is 4.46. The number of H-pyrrole nitrogens is 1. The predicted molar refractivity (Wildman–Crippen MR) is 102 cm³/mol. The molecule has 2 heterocycles. The summed E-state index contributed by atoms with van der Waals surface area (Å²) in [5.74, 6) is 1.35. The van der Waals surface area contributed by atoms with Crippen LogP contribution in [0.4, 0.5) is 0 Å². The minimum Gasteiger partial charge on any atom is -0.497 e. The fraction of sp³-hybridized carbons (Fsp3) is 0.100. The average Bonchev–Trinajstić information content (AvgIpc) is 3.11. The number of hydrogen-bond donors (Lipinski definition) is 1. The van der Waals surface area contributed by atoms with Gasteiger partial charge in [-0.15, -0.1) is 0 Å². The average molecular weight is 366 g/mol. The third kappa shape index (κ3) is 3.34. The Labute approximate surface area is 155 Å². The highest BCUT2D eigenvalue weighted by Gasteiger charge is 2.11. The number of nitrogens with zero attached hydrogens (tertiary/aromatic N) is 2. The third-order valence-electron chi connectivity index (χ3n) is 4.05. The number of rotatable bonds is 5. The van der Waals surface area contributed by atoms with Crippen molar-refractivity contribution in [3.8, 4) is 22.9 Å². The van der Waals surface area contributed by atoms with E-state index in [1.807, 2.05) is 54.6 Å². The Balaban J connectivity index is 1.62. The summed E-state index contributed by atoms with van der Waals surface area (Å²) in [7, 11) is 1.65. The van der Waals surface area contributed by atoms with E-state index in [0.29, 0.717) is 17.5 Å². The van der Waals surface area contributed by atoms with Crippen molar-refractivity contribution in [2.24, 2.45) is 0 Å². The zero-order valence-electron chi connectivity index (χ0n) is 14.1. The van der Waals surface area contributed by atoms with Crippen LogP contribution in [0.1, 0.15) is 5.56 Å². The standard InChI is InChI=1S/C20H16ClN3O2/c1-25-16-7-5-14(6-8-16)18-10-17-19(24-18)22-12-23-20(17)26-11-13-3-2-4-15(21)9-13/h2-10,12H,11H2,1H3,(H,22,23,24). The number of aromatic nitrogens is 3. The Morgan fingerprint density at radius 3 is 2.65 bits per heavy atom. The maximum Gasteiger partial charge on any atom is 0.226 e. The highest BCUT2D eigenvalue weighted by atomic mass is 35.5. The van der Waals surface area contributed by atoms with Crippen molar-refractivity contribution in [2.45, 2.75) is 6.61 Å². The van der Waals surface area contributed by atoms with E-state index in [-0.39, 0.29) is 0 Å². The van der Waals surface area contributed by atoms with Gasteiger partial charge in [-0.25, -0.2) is 9.97 Å². The molecule has 130 valence electrons. The molecular weight excluding hydrogens is 350 g/mol. The smallest absolute Gasteiger partial charge is 0.226 e. The zero-order valence-corrected chi connectivity index (χ0v) is 14.8. The fourth-order valence-electron chi connectivity index (χ4n) is 2.74. The van der Waals surface area contributed by atoms with E-state index in [9.17, 15) is 0 Å². The minimum absolute atomic E-state index is 0.385. The molecule has 0 unspecified atom stereocenters. The number of aromatic amines is 1. The van der Waals surface area contributed by atoms with Crippen LogP contribution < -0.4 is 9.47 Å². The molecule has 0 bridgehead atoms. The second-order valence-corrected chi connectivity index (χ2v) is 6.21. The Hall–Kier alpha value is -3.05. The van der Waals surface area contributed by atoms with Crippen LogP contribution in [0, 0.1) is 0 Å². The summed E-state index contributed by atoms with van der Waals surface area (Å²) in [5, 5.41) is 1.52. The summed E-state index contributed by atoms with van der Waals surface area (Å²) >= 11 is 6.02. The van der Waals surface area contributed by atoms with Crippen molar-refractivity contribution in [1.82, 2.24) is 15.0 Å². The second-order valence-electron chi connectivity index (χ2n) is 5.77. The lowest BCUT2D eigenvalue weighted by atomic mass is 10.1. The van der Waals surface area contributed by atoms with Gasteiger partial charge in [-0.2, -0.15) is 0 Å². The summed E-state index contributed by atoms with van der Waals surface area (Å²) in [6.45, 7) is 0.385. The van der Waals surface area contributed by atoms with Crippen LogP contribution in [0.25, 0.3) is 22.3 Å². The molecule has 0 amide bonds. The van der Waals surface area contributed by atoms with Gasteiger partial charge in [0.2, 0.25) is 5.88 Å². The Morgan fingerprint density at radius 1 is 1.04 bits per heavy atom. The number of benzene rings is 2. The van der Waals surface area contributed by atoms with Gasteiger partial charge in [0.1, 0.15) is 24.3 Å². The first kappa shape index (κ1) is 16.4. The SMILES string of the molecule is COc1ccc(-c2cc3c(OCc4cccc(Cl)c4)ncnc3[nH]2)cc1. The summed E-state index contributed by atoms with van der Waals surface area (Å²) < 4.78 is 11.1. The van der Waals surface area contributed by atoms with Gasteiger partial charge in [0.05, 0.1) is 12.5 Å². The van der Waals surface area contributed by atoms with Gasteiger partial charge in [-0.1, -0.05) is 23.7 Å². The van der Waals surface area contributed by atoms with Crippen molar-refractivity contribution in [2.75, 3.05) is 7.11 Å². The van der Waals surface area contributed by atoms with Crippen molar-refractivity contribution in [3.63, 3.8) is 0 Å². The monoisotopic (exact) mass is 365 g/mol. The van der Waals surface area contributed by atoms with Gasteiger partial charge in [-0.3, -0.25) is 0 Å². The molecule has 1 N–H and O–H groups in total. The largest absolute Gasteiger partial charge is 0.497 e. The topological polar surface area (TPSA) is 60.0 Å². The van der Waals surface area contributed by atoms with Gasteiger partial charge in [0, 0.05) is 10.7 Å². The maximum atomic E-state index is 6.02. The normalized spacial score (nSPS) is 10.8. The van der Waals surface area contributed by atoms with Crippen molar-refractivity contribution < 1.29 is 9.47 Å². The molecule has 5 nitrogen and oxygen atoms in total. The van der Waals surface area contributed by atoms with Gasteiger partial charge in [0.25, 0.3) is 0 Å². The van der Waals surface area contributed by atoms with Crippen LogP contribution in [-0.4, -0.2) is 22.1 Å². The van der Waals surface area contributed by atoms with E-state index in [0.717, 1.165) is 33.6 Å². The van der Waals surface area contributed by atoms with E-state index in [1.165, 1.54) is 6.33 Å². The molecule has 0 fully saturated rings. The molecule has 0 radical (unpaired) electrons. The van der Waals surface area contributed by atoms with E-state index in [4.69, 9.17) is 21.1 Å². The maximum absolute atomic E-state index is 6.02. The van der Waals surface area contributed by atoms with E-state index in [1.54, 1.807) is 7.11 Å². The highest BCUT2D eigenvalue weighted by Crippen LogP contribution is 2.29. The fourth-order valence-corrected chi connectivity index (χ4v) is 2.95. The molecule has 0 aliphatic rings. The molecule has 0 aliphatic heterocycles. The molecule has 4 aromatic rings. The zero-order chi connectivity index (χ0) is 17.9. The molecule has 6 heteroatoms. The molecule has 0 aliphatic carbocycles. The predicted octanol–water partition coefficient (Wildman–Crippen LogP) is 4.87. The van der Waals surface area contributed by atoms with E-state index >= 15 is 0 Å². The number of hydrogen-bond acceptors (Lipinski definition) is 4. The number of nitrogens with one attached hydrogen (secondary N) is 1. The van der Waals surface area contributed by atoms with Gasteiger partial charge in [-0.05, 0) is 53.6 Å². The van der Waals surface area contributed by atoms with Crippen LogP contribution in [0.3, 0.4) is 0 Å². The van der Waals surface area contributed by atoms with Crippen LogP contribution in [0.5, 0.6) is 11.6 Å².